The van der Waals surface area contributed by atoms with E-state index in [1.165, 1.54) is 5.56 Å². The first-order chi connectivity index (χ1) is 8.52. The molecule has 0 saturated carbocycles. The summed E-state index contributed by atoms with van der Waals surface area (Å²) in [5.74, 6) is 0. The smallest absolute Gasteiger partial charge is 0.0761 e. The zero-order valence-electron chi connectivity index (χ0n) is 9.31. The van der Waals surface area contributed by atoms with Crippen LogP contribution in [0.2, 0.25) is 5.02 Å². The van der Waals surface area contributed by atoms with Crippen molar-refractivity contribution in [1.29, 1.82) is 0 Å². The summed E-state index contributed by atoms with van der Waals surface area (Å²) in [7, 11) is 1.93. The predicted octanol–water partition coefficient (Wildman–Crippen LogP) is 6.00. The van der Waals surface area contributed by atoms with Gasteiger partial charge in [-0.05, 0) is 74.3 Å². The van der Waals surface area contributed by atoms with Crippen LogP contribution >= 0.6 is 70.7 Å². The number of benzene rings is 1. The van der Waals surface area contributed by atoms with Gasteiger partial charge in [-0.1, -0.05) is 27.5 Å². The van der Waals surface area contributed by atoms with E-state index in [0.29, 0.717) is 0 Å². The zero-order valence-corrected chi connectivity index (χ0v) is 15.6. The van der Waals surface area contributed by atoms with Gasteiger partial charge in [-0.3, -0.25) is 0 Å². The zero-order chi connectivity index (χ0) is 13.3. The van der Waals surface area contributed by atoms with Crippen LogP contribution in [0.1, 0.15) is 17.2 Å². The van der Waals surface area contributed by atoms with Gasteiger partial charge >= 0.3 is 0 Å². The molecule has 1 heterocycles. The normalized spacial score (nSPS) is 12.7. The third-order valence-electron chi connectivity index (χ3n) is 2.55. The van der Waals surface area contributed by atoms with Crippen molar-refractivity contribution < 1.29 is 0 Å². The van der Waals surface area contributed by atoms with Crippen LogP contribution in [0.3, 0.4) is 0 Å². The van der Waals surface area contributed by atoms with Gasteiger partial charge in [0.15, 0.2) is 0 Å². The van der Waals surface area contributed by atoms with Crippen molar-refractivity contribution >= 4 is 70.7 Å². The number of rotatable bonds is 3. The van der Waals surface area contributed by atoms with E-state index < -0.39 is 0 Å². The molecule has 0 aliphatic carbocycles. The lowest BCUT2D eigenvalue weighted by Crippen LogP contribution is -2.17. The SMILES string of the molecule is CNC(c1cc(Br)ccc1Cl)c1cc(Br)sc1Br. The Labute approximate surface area is 140 Å². The molecule has 0 aliphatic heterocycles. The van der Waals surface area contributed by atoms with Gasteiger partial charge < -0.3 is 5.32 Å². The lowest BCUT2D eigenvalue weighted by molar-refractivity contribution is 0.691. The van der Waals surface area contributed by atoms with Crippen LogP contribution in [0.25, 0.3) is 0 Å². The second kappa shape index (κ2) is 6.37. The third-order valence-corrected chi connectivity index (χ3v) is 5.77. The molecule has 1 aromatic carbocycles. The molecule has 0 radical (unpaired) electrons. The quantitative estimate of drug-likeness (QED) is 0.576. The molecule has 2 aromatic rings. The first kappa shape index (κ1) is 15.0. The second-order valence-corrected chi connectivity index (χ2v) is 8.74. The van der Waals surface area contributed by atoms with Gasteiger partial charge in [0.1, 0.15) is 0 Å². The molecular formula is C12H9Br3ClNS. The van der Waals surface area contributed by atoms with E-state index in [1.54, 1.807) is 11.3 Å². The number of halogens is 4. The number of thiophene rings is 1. The maximum atomic E-state index is 6.29. The van der Waals surface area contributed by atoms with Crippen LogP contribution in [0.4, 0.5) is 0 Å². The number of hydrogen-bond acceptors (Lipinski definition) is 2. The summed E-state index contributed by atoms with van der Waals surface area (Å²) in [6, 6.07) is 8.05. The Morgan fingerprint density at radius 3 is 2.44 bits per heavy atom. The lowest BCUT2D eigenvalue weighted by Gasteiger charge is -2.18. The van der Waals surface area contributed by atoms with Crippen molar-refractivity contribution in [1.82, 2.24) is 5.32 Å². The summed E-state index contributed by atoms with van der Waals surface area (Å²) in [5, 5.41) is 4.06. The molecule has 1 nitrogen and oxygen atoms in total. The molecule has 96 valence electrons. The summed E-state index contributed by atoms with van der Waals surface area (Å²) in [6.07, 6.45) is 0. The molecule has 0 bridgehead atoms. The largest absolute Gasteiger partial charge is 0.309 e. The van der Waals surface area contributed by atoms with Gasteiger partial charge in [-0.2, -0.15) is 0 Å². The maximum absolute atomic E-state index is 6.29. The predicted molar refractivity (Wildman–Crippen MR) is 89.8 cm³/mol. The average Bonchev–Trinajstić information content (AvgIpc) is 2.64. The minimum Gasteiger partial charge on any atom is -0.309 e. The third kappa shape index (κ3) is 3.19. The molecule has 0 aliphatic rings. The van der Waals surface area contributed by atoms with Crippen LogP contribution in [-0.2, 0) is 0 Å². The van der Waals surface area contributed by atoms with E-state index in [0.717, 1.165) is 22.6 Å². The molecule has 1 atom stereocenters. The molecule has 0 amide bonds. The summed E-state index contributed by atoms with van der Waals surface area (Å²) < 4.78 is 3.22. The van der Waals surface area contributed by atoms with Crippen LogP contribution in [-0.4, -0.2) is 7.05 Å². The molecular weight excluding hydrogens is 465 g/mol. The summed E-state index contributed by atoms with van der Waals surface area (Å²) in [5.41, 5.74) is 2.23. The van der Waals surface area contributed by atoms with Crippen LogP contribution < -0.4 is 5.32 Å². The Hall–Kier alpha value is 0.610. The monoisotopic (exact) mass is 471 g/mol. The van der Waals surface area contributed by atoms with Crippen LogP contribution in [0.5, 0.6) is 0 Å². The highest BCUT2D eigenvalue weighted by Gasteiger charge is 2.20. The fourth-order valence-electron chi connectivity index (χ4n) is 1.76. The van der Waals surface area contributed by atoms with E-state index in [9.17, 15) is 0 Å². The Morgan fingerprint density at radius 1 is 1.17 bits per heavy atom. The standard InChI is InChI=1S/C12H9Br3ClNS/c1-17-11(8-5-10(14)18-12(8)15)7-4-6(13)2-3-9(7)16/h2-5,11,17H,1H3. The van der Waals surface area contributed by atoms with Crippen molar-refractivity contribution in [2.24, 2.45) is 0 Å². The Morgan fingerprint density at radius 2 is 1.89 bits per heavy atom. The van der Waals surface area contributed by atoms with E-state index in [-0.39, 0.29) is 6.04 Å². The van der Waals surface area contributed by atoms with Crippen molar-refractivity contribution in [3.63, 3.8) is 0 Å². The number of nitrogens with one attached hydrogen (secondary N) is 1. The van der Waals surface area contributed by atoms with E-state index in [1.807, 2.05) is 25.2 Å². The highest BCUT2D eigenvalue weighted by molar-refractivity contribution is 9.12. The molecule has 6 heteroatoms. The summed E-state index contributed by atoms with van der Waals surface area (Å²) >= 11 is 18.5. The van der Waals surface area contributed by atoms with Crippen LogP contribution in [0, 0.1) is 0 Å². The fraction of sp³-hybridized carbons (Fsp3) is 0.167. The van der Waals surface area contributed by atoms with Gasteiger partial charge in [-0.25, -0.2) is 0 Å². The first-order valence-electron chi connectivity index (χ1n) is 5.10. The minimum absolute atomic E-state index is 0.0620. The summed E-state index contributed by atoms with van der Waals surface area (Å²) in [4.78, 5) is 0. The van der Waals surface area contributed by atoms with Gasteiger partial charge in [0.05, 0.1) is 13.6 Å². The Balaban J connectivity index is 2.51. The van der Waals surface area contributed by atoms with Crippen molar-refractivity contribution in [3.8, 4) is 0 Å². The van der Waals surface area contributed by atoms with Gasteiger partial charge in [0.2, 0.25) is 0 Å². The topological polar surface area (TPSA) is 12.0 Å². The van der Waals surface area contributed by atoms with Crippen molar-refractivity contribution in [2.45, 2.75) is 6.04 Å². The maximum Gasteiger partial charge on any atom is 0.0761 e. The highest BCUT2D eigenvalue weighted by atomic mass is 79.9. The Kier molecular flexibility index (Phi) is 5.31. The first-order valence-corrected chi connectivity index (χ1v) is 8.67. The van der Waals surface area contributed by atoms with Gasteiger partial charge in [0, 0.05) is 9.50 Å². The number of hydrogen-bond donors (Lipinski definition) is 1. The highest BCUT2D eigenvalue weighted by Crippen LogP contribution is 2.39. The molecule has 1 aromatic heterocycles. The second-order valence-electron chi connectivity index (χ2n) is 3.67. The molecule has 1 N–H and O–H groups in total. The molecule has 0 saturated heterocycles. The molecule has 18 heavy (non-hydrogen) atoms. The van der Waals surface area contributed by atoms with E-state index in [2.05, 4.69) is 59.2 Å². The average molecular weight is 474 g/mol. The fourth-order valence-corrected chi connectivity index (χ4v) is 5.27. The van der Waals surface area contributed by atoms with Crippen molar-refractivity contribution in [2.75, 3.05) is 7.05 Å². The van der Waals surface area contributed by atoms with Gasteiger partial charge in [-0.15, -0.1) is 11.3 Å². The van der Waals surface area contributed by atoms with Gasteiger partial charge in [0.25, 0.3) is 0 Å². The minimum atomic E-state index is 0.0620. The molecule has 0 fully saturated rings. The molecule has 1 unspecified atom stereocenters. The van der Waals surface area contributed by atoms with Crippen molar-refractivity contribution in [3.05, 3.63) is 52.5 Å². The molecule has 2 rings (SSSR count). The van der Waals surface area contributed by atoms with Crippen LogP contribution in [0.15, 0.2) is 36.3 Å². The Bertz CT molecular complexity index is 570. The van der Waals surface area contributed by atoms with E-state index >= 15 is 0 Å². The summed E-state index contributed by atoms with van der Waals surface area (Å²) in [6.45, 7) is 0. The van der Waals surface area contributed by atoms with E-state index in [4.69, 9.17) is 11.6 Å². The molecule has 0 spiro atoms. The lowest BCUT2D eigenvalue weighted by atomic mass is 10.0.